The van der Waals surface area contributed by atoms with Crippen LogP contribution in [0.2, 0.25) is 0 Å². The van der Waals surface area contributed by atoms with Gasteiger partial charge in [-0.2, -0.15) is 0 Å². The number of hydrogen-bond acceptors (Lipinski definition) is 2. The Morgan fingerprint density at radius 1 is 1.18 bits per heavy atom. The Balaban J connectivity index is 2.73. The Hall–Kier alpha value is -0.860. The SMILES string of the molecule is CCCOC(C)C(NCC)c1ccc(C)cc1. The zero-order valence-electron chi connectivity index (χ0n) is 11.5. The highest BCUT2D eigenvalue weighted by Gasteiger charge is 2.18. The Bertz CT molecular complexity index is 307. The van der Waals surface area contributed by atoms with Crippen LogP contribution in [-0.2, 0) is 4.74 Å². The third kappa shape index (κ3) is 4.49. The van der Waals surface area contributed by atoms with E-state index < -0.39 is 0 Å². The minimum absolute atomic E-state index is 0.206. The van der Waals surface area contributed by atoms with E-state index in [-0.39, 0.29) is 12.1 Å². The molecule has 0 radical (unpaired) electrons. The standard InChI is InChI=1S/C15H25NO/c1-5-11-17-13(4)15(16-6-2)14-9-7-12(3)8-10-14/h7-10,13,15-16H,5-6,11H2,1-4H3. The molecule has 0 aromatic heterocycles. The Kier molecular flexibility index (Phi) is 6.23. The van der Waals surface area contributed by atoms with Gasteiger partial charge in [-0.15, -0.1) is 0 Å². The van der Waals surface area contributed by atoms with Crippen molar-refractivity contribution >= 4 is 0 Å². The monoisotopic (exact) mass is 235 g/mol. The first-order valence-electron chi connectivity index (χ1n) is 6.60. The lowest BCUT2D eigenvalue weighted by atomic mass is 10.0. The highest BCUT2D eigenvalue weighted by atomic mass is 16.5. The summed E-state index contributed by atoms with van der Waals surface area (Å²) in [4.78, 5) is 0. The van der Waals surface area contributed by atoms with Crippen LogP contribution >= 0.6 is 0 Å². The number of hydrogen-bond donors (Lipinski definition) is 1. The highest BCUT2D eigenvalue weighted by molar-refractivity contribution is 5.24. The number of benzene rings is 1. The van der Waals surface area contributed by atoms with Crippen molar-refractivity contribution in [3.63, 3.8) is 0 Å². The van der Waals surface area contributed by atoms with E-state index in [4.69, 9.17) is 4.74 Å². The second kappa shape index (κ2) is 7.46. The number of rotatable bonds is 7. The zero-order chi connectivity index (χ0) is 12.7. The van der Waals surface area contributed by atoms with E-state index in [2.05, 4.69) is 57.3 Å². The maximum Gasteiger partial charge on any atom is 0.0741 e. The van der Waals surface area contributed by atoms with Crippen LogP contribution in [0.4, 0.5) is 0 Å². The molecular formula is C15H25NO. The van der Waals surface area contributed by atoms with Crippen molar-refractivity contribution in [2.24, 2.45) is 0 Å². The lowest BCUT2D eigenvalue weighted by Gasteiger charge is -2.25. The predicted molar refractivity (Wildman–Crippen MR) is 73.3 cm³/mol. The molecule has 0 saturated carbocycles. The first-order chi connectivity index (χ1) is 8.19. The molecule has 2 unspecified atom stereocenters. The lowest BCUT2D eigenvalue weighted by Crippen LogP contribution is -2.32. The first-order valence-corrected chi connectivity index (χ1v) is 6.60. The van der Waals surface area contributed by atoms with Crippen LogP contribution in [0.25, 0.3) is 0 Å². The van der Waals surface area contributed by atoms with E-state index in [0.717, 1.165) is 19.6 Å². The molecule has 2 atom stereocenters. The van der Waals surface area contributed by atoms with Crippen molar-refractivity contribution in [3.8, 4) is 0 Å². The summed E-state index contributed by atoms with van der Waals surface area (Å²) in [5.41, 5.74) is 2.60. The van der Waals surface area contributed by atoms with Gasteiger partial charge in [-0.25, -0.2) is 0 Å². The third-order valence-electron chi connectivity index (χ3n) is 2.91. The molecule has 0 aliphatic carbocycles. The van der Waals surface area contributed by atoms with Gasteiger partial charge in [0.2, 0.25) is 0 Å². The maximum absolute atomic E-state index is 5.83. The second-order valence-electron chi connectivity index (χ2n) is 4.52. The molecule has 0 bridgehead atoms. The van der Waals surface area contributed by atoms with E-state index in [0.29, 0.717) is 0 Å². The van der Waals surface area contributed by atoms with Crippen molar-refractivity contribution in [1.82, 2.24) is 5.32 Å². The smallest absolute Gasteiger partial charge is 0.0741 e. The largest absolute Gasteiger partial charge is 0.377 e. The van der Waals surface area contributed by atoms with Gasteiger partial charge in [-0.1, -0.05) is 43.7 Å². The minimum atomic E-state index is 0.206. The lowest BCUT2D eigenvalue weighted by molar-refractivity contribution is 0.0392. The molecule has 0 spiro atoms. The third-order valence-corrected chi connectivity index (χ3v) is 2.91. The summed E-state index contributed by atoms with van der Waals surface area (Å²) in [6.07, 6.45) is 1.27. The summed E-state index contributed by atoms with van der Waals surface area (Å²) in [7, 11) is 0. The Labute approximate surface area is 105 Å². The van der Waals surface area contributed by atoms with Crippen LogP contribution < -0.4 is 5.32 Å². The Morgan fingerprint density at radius 2 is 1.82 bits per heavy atom. The molecular weight excluding hydrogens is 210 g/mol. The van der Waals surface area contributed by atoms with Gasteiger partial charge in [0.05, 0.1) is 12.1 Å². The fourth-order valence-corrected chi connectivity index (χ4v) is 1.95. The second-order valence-corrected chi connectivity index (χ2v) is 4.52. The summed E-state index contributed by atoms with van der Waals surface area (Å²) in [6.45, 7) is 10.3. The number of nitrogens with one attached hydrogen (secondary N) is 1. The average Bonchev–Trinajstić information content (AvgIpc) is 2.34. The fourth-order valence-electron chi connectivity index (χ4n) is 1.95. The van der Waals surface area contributed by atoms with Crippen LogP contribution in [0.5, 0.6) is 0 Å². The quantitative estimate of drug-likeness (QED) is 0.781. The van der Waals surface area contributed by atoms with Crippen molar-refractivity contribution in [1.29, 1.82) is 0 Å². The molecule has 0 heterocycles. The molecule has 0 fully saturated rings. The normalized spacial score (nSPS) is 14.6. The Morgan fingerprint density at radius 3 is 2.35 bits per heavy atom. The topological polar surface area (TPSA) is 21.3 Å². The van der Waals surface area contributed by atoms with Gasteiger partial charge in [0.1, 0.15) is 0 Å². The van der Waals surface area contributed by atoms with Crippen molar-refractivity contribution in [2.75, 3.05) is 13.2 Å². The summed E-state index contributed by atoms with van der Waals surface area (Å²) < 4.78 is 5.83. The molecule has 1 aromatic rings. The number of aryl methyl sites for hydroxylation is 1. The van der Waals surface area contributed by atoms with E-state index in [9.17, 15) is 0 Å². The summed E-state index contributed by atoms with van der Waals surface area (Å²) >= 11 is 0. The van der Waals surface area contributed by atoms with E-state index in [1.54, 1.807) is 0 Å². The van der Waals surface area contributed by atoms with E-state index in [1.165, 1.54) is 11.1 Å². The van der Waals surface area contributed by atoms with Gasteiger partial charge in [0.25, 0.3) is 0 Å². The van der Waals surface area contributed by atoms with Gasteiger partial charge >= 0.3 is 0 Å². The van der Waals surface area contributed by atoms with Gasteiger partial charge < -0.3 is 10.1 Å². The van der Waals surface area contributed by atoms with Gasteiger partial charge in [0, 0.05) is 6.61 Å². The molecule has 1 N–H and O–H groups in total. The molecule has 17 heavy (non-hydrogen) atoms. The molecule has 1 rings (SSSR count). The van der Waals surface area contributed by atoms with Gasteiger partial charge in [-0.3, -0.25) is 0 Å². The summed E-state index contributed by atoms with van der Waals surface area (Å²) in [5.74, 6) is 0. The van der Waals surface area contributed by atoms with Crippen LogP contribution in [-0.4, -0.2) is 19.3 Å². The van der Waals surface area contributed by atoms with E-state index >= 15 is 0 Å². The van der Waals surface area contributed by atoms with Crippen LogP contribution in [0, 0.1) is 6.92 Å². The van der Waals surface area contributed by atoms with Crippen LogP contribution in [0.3, 0.4) is 0 Å². The molecule has 0 saturated heterocycles. The van der Waals surface area contributed by atoms with Crippen LogP contribution in [0.15, 0.2) is 24.3 Å². The number of likely N-dealkylation sites (N-methyl/N-ethyl adjacent to an activating group) is 1. The molecule has 0 aliphatic rings. The average molecular weight is 235 g/mol. The summed E-state index contributed by atoms with van der Waals surface area (Å²) in [6, 6.07) is 8.98. The van der Waals surface area contributed by atoms with Crippen LogP contribution in [0.1, 0.15) is 44.4 Å². The molecule has 1 aromatic carbocycles. The van der Waals surface area contributed by atoms with E-state index in [1.807, 2.05) is 0 Å². The van der Waals surface area contributed by atoms with Gasteiger partial charge in [0.15, 0.2) is 0 Å². The molecule has 2 heteroatoms. The fraction of sp³-hybridized carbons (Fsp3) is 0.600. The number of ether oxygens (including phenoxy) is 1. The molecule has 0 amide bonds. The van der Waals surface area contributed by atoms with Crippen molar-refractivity contribution in [2.45, 2.75) is 46.3 Å². The van der Waals surface area contributed by atoms with Gasteiger partial charge in [-0.05, 0) is 32.4 Å². The van der Waals surface area contributed by atoms with Crippen molar-refractivity contribution in [3.05, 3.63) is 35.4 Å². The summed E-state index contributed by atoms with van der Waals surface area (Å²) in [5, 5.41) is 3.50. The zero-order valence-corrected chi connectivity index (χ0v) is 11.5. The highest BCUT2D eigenvalue weighted by Crippen LogP contribution is 2.19. The molecule has 2 nitrogen and oxygen atoms in total. The van der Waals surface area contributed by atoms with Crippen molar-refractivity contribution < 1.29 is 4.74 Å². The molecule has 96 valence electrons. The predicted octanol–water partition coefficient (Wildman–Crippen LogP) is 3.46. The molecule has 0 aliphatic heterocycles. The maximum atomic E-state index is 5.83. The minimum Gasteiger partial charge on any atom is -0.377 e. The first kappa shape index (κ1) is 14.2.